The molecule has 0 aliphatic carbocycles. The summed E-state index contributed by atoms with van der Waals surface area (Å²) in [5.41, 5.74) is -0.572. The first-order valence-electron chi connectivity index (χ1n) is 5.86. The third-order valence-electron chi connectivity index (χ3n) is 2.55. The van der Waals surface area contributed by atoms with Crippen molar-refractivity contribution in [3.05, 3.63) is 53.1 Å². The number of benzene rings is 2. The van der Waals surface area contributed by atoms with Gasteiger partial charge in [-0.25, -0.2) is 0 Å². The third kappa shape index (κ3) is 4.50. The van der Waals surface area contributed by atoms with Crippen LogP contribution in [-0.2, 0) is 6.18 Å². The Kier molecular flexibility index (Phi) is 5.51. The van der Waals surface area contributed by atoms with Crippen molar-refractivity contribution in [2.24, 2.45) is 0 Å². The number of hydrogen-bond donors (Lipinski definition) is 1. The Hall–Kier alpha value is -1.49. The highest BCUT2D eigenvalue weighted by molar-refractivity contribution is 8.03. The van der Waals surface area contributed by atoms with Crippen LogP contribution in [0.1, 0.15) is 5.56 Å². The lowest BCUT2D eigenvalue weighted by Crippen LogP contribution is -2.06. The maximum atomic E-state index is 12.8. The molecule has 0 bridgehead atoms. The van der Waals surface area contributed by atoms with Gasteiger partial charge in [-0.3, -0.25) is 0 Å². The van der Waals surface area contributed by atoms with E-state index in [1.54, 1.807) is 24.3 Å². The molecule has 0 atom stereocenters. The molecule has 0 spiro atoms. The predicted octanol–water partition coefficient (Wildman–Crippen LogP) is 6.05. The summed E-state index contributed by atoms with van der Waals surface area (Å²) >= 11 is 7.78. The zero-order chi connectivity index (χ0) is 16.2. The van der Waals surface area contributed by atoms with E-state index in [4.69, 9.17) is 16.9 Å². The van der Waals surface area contributed by atoms with Gasteiger partial charge in [0.05, 0.1) is 10.6 Å². The molecule has 2 nitrogen and oxygen atoms in total. The zero-order valence-electron chi connectivity index (χ0n) is 10.8. The first-order valence-corrected chi connectivity index (χ1v) is 7.87. The average Bonchev–Trinajstić information content (AvgIpc) is 2.47. The summed E-state index contributed by atoms with van der Waals surface area (Å²) in [5, 5.41) is 10.2. The summed E-state index contributed by atoms with van der Waals surface area (Å²) in [5.74, 6) is 0. The quantitative estimate of drug-likeness (QED) is 0.409. The Bertz CT molecular complexity index is 697. The van der Waals surface area contributed by atoms with Crippen LogP contribution in [0.4, 0.5) is 18.9 Å². The zero-order valence-corrected chi connectivity index (χ0v) is 13.2. The lowest BCUT2D eigenvalue weighted by molar-refractivity contribution is -0.137. The van der Waals surface area contributed by atoms with Crippen LogP contribution >= 0.6 is 35.3 Å². The van der Waals surface area contributed by atoms with Crippen molar-refractivity contribution in [3.8, 4) is 5.40 Å². The molecule has 0 fully saturated rings. The number of rotatable bonds is 4. The number of nitrogens with zero attached hydrogens (tertiary/aromatic N) is 1. The summed E-state index contributed by atoms with van der Waals surface area (Å²) in [6.07, 6.45) is -4.49. The van der Waals surface area contributed by atoms with Gasteiger partial charge in [0.15, 0.2) is 0 Å². The van der Waals surface area contributed by atoms with E-state index in [9.17, 15) is 13.2 Å². The molecule has 0 amide bonds. The van der Waals surface area contributed by atoms with Gasteiger partial charge < -0.3 is 4.72 Å². The molecule has 2 aromatic rings. The number of anilines is 1. The molecule has 0 saturated carbocycles. The van der Waals surface area contributed by atoms with Crippen LogP contribution < -0.4 is 4.72 Å². The van der Waals surface area contributed by atoms with Gasteiger partial charge in [-0.15, -0.1) is 0 Å². The van der Waals surface area contributed by atoms with Crippen molar-refractivity contribution >= 4 is 41.0 Å². The standard InChI is InChI=1S/C14H8ClF3N2S2/c15-13-6-1-9(7-12(13)14(16,17)18)20-22-11-4-2-10(3-5-11)21-8-19/h1-7,20H. The van der Waals surface area contributed by atoms with Crippen LogP contribution in [0.3, 0.4) is 0 Å². The van der Waals surface area contributed by atoms with Gasteiger partial charge >= 0.3 is 6.18 Å². The summed E-state index contributed by atoms with van der Waals surface area (Å²) in [7, 11) is 0. The topological polar surface area (TPSA) is 35.8 Å². The first-order chi connectivity index (χ1) is 10.4. The van der Waals surface area contributed by atoms with Gasteiger partial charge in [-0.1, -0.05) is 11.6 Å². The lowest BCUT2D eigenvalue weighted by atomic mass is 10.2. The largest absolute Gasteiger partial charge is 0.417 e. The van der Waals surface area contributed by atoms with E-state index < -0.39 is 11.7 Å². The number of thioether (sulfide) groups is 1. The molecule has 0 heterocycles. The second kappa shape index (κ2) is 7.18. The van der Waals surface area contributed by atoms with Gasteiger partial charge in [0.1, 0.15) is 5.40 Å². The number of nitriles is 1. The lowest BCUT2D eigenvalue weighted by Gasteiger charge is -2.12. The molecule has 2 rings (SSSR count). The first kappa shape index (κ1) is 16.9. The highest BCUT2D eigenvalue weighted by Crippen LogP contribution is 2.37. The molecule has 0 unspecified atom stereocenters. The molecule has 114 valence electrons. The van der Waals surface area contributed by atoms with Gasteiger partial charge in [-0.05, 0) is 66.2 Å². The fourth-order valence-electron chi connectivity index (χ4n) is 1.55. The highest BCUT2D eigenvalue weighted by atomic mass is 35.5. The van der Waals surface area contributed by atoms with Gasteiger partial charge in [0.25, 0.3) is 0 Å². The Balaban J connectivity index is 2.07. The average molecular weight is 361 g/mol. The Morgan fingerprint density at radius 3 is 2.27 bits per heavy atom. The van der Waals surface area contributed by atoms with Gasteiger partial charge in [0.2, 0.25) is 0 Å². The normalized spacial score (nSPS) is 11.0. The molecule has 2 aromatic carbocycles. The van der Waals surface area contributed by atoms with Gasteiger partial charge in [-0.2, -0.15) is 18.4 Å². The monoisotopic (exact) mass is 360 g/mol. The van der Waals surface area contributed by atoms with Crippen molar-refractivity contribution in [2.75, 3.05) is 4.72 Å². The van der Waals surface area contributed by atoms with Crippen molar-refractivity contribution < 1.29 is 13.2 Å². The Morgan fingerprint density at radius 1 is 1.05 bits per heavy atom. The van der Waals surface area contributed by atoms with E-state index in [1.807, 2.05) is 5.40 Å². The second-order valence-electron chi connectivity index (χ2n) is 4.06. The second-order valence-corrected chi connectivity index (χ2v) is 6.21. The smallest absolute Gasteiger partial charge is 0.326 e. The van der Waals surface area contributed by atoms with Crippen molar-refractivity contribution in [2.45, 2.75) is 16.0 Å². The van der Waals surface area contributed by atoms with E-state index in [-0.39, 0.29) is 5.02 Å². The number of alkyl halides is 3. The number of hydrogen-bond acceptors (Lipinski definition) is 4. The maximum absolute atomic E-state index is 12.8. The van der Waals surface area contributed by atoms with Crippen LogP contribution in [0.5, 0.6) is 0 Å². The molecule has 0 radical (unpaired) electrons. The van der Waals surface area contributed by atoms with Crippen LogP contribution in [0.2, 0.25) is 5.02 Å². The molecular formula is C14H8ClF3N2S2. The number of thiocyanates is 1. The Morgan fingerprint density at radius 2 is 1.68 bits per heavy atom. The molecular weight excluding hydrogens is 353 g/mol. The molecule has 0 saturated heterocycles. The predicted molar refractivity (Wildman–Crippen MR) is 83.8 cm³/mol. The SMILES string of the molecule is N#CSc1ccc(SNc2ccc(Cl)c(C(F)(F)F)c2)cc1. The molecule has 0 aromatic heterocycles. The van der Waals surface area contributed by atoms with E-state index >= 15 is 0 Å². The van der Waals surface area contributed by atoms with E-state index in [2.05, 4.69) is 4.72 Å². The summed E-state index contributed by atoms with van der Waals surface area (Å²) in [6.45, 7) is 0. The van der Waals surface area contributed by atoms with Crippen LogP contribution in [0.15, 0.2) is 52.3 Å². The van der Waals surface area contributed by atoms with Crippen LogP contribution in [0.25, 0.3) is 0 Å². The molecule has 1 N–H and O–H groups in total. The molecule has 0 aliphatic heterocycles. The van der Waals surface area contributed by atoms with E-state index in [0.29, 0.717) is 5.69 Å². The molecule has 22 heavy (non-hydrogen) atoms. The van der Waals surface area contributed by atoms with Crippen molar-refractivity contribution in [1.29, 1.82) is 5.26 Å². The number of halogens is 4. The van der Waals surface area contributed by atoms with E-state index in [0.717, 1.165) is 27.6 Å². The van der Waals surface area contributed by atoms with E-state index in [1.165, 1.54) is 24.1 Å². The summed E-state index contributed by atoms with van der Waals surface area (Å²) in [6, 6.07) is 10.7. The number of nitrogens with one attached hydrogen (secondary N) is 1. The van der Waals surface area contributed by atoms with Crippen molar-refractivity contribution in [1.82, 2.24) is 0 Å². The van der Waals surface area contributed by atoms with Crippen molar-refractivity contribution in [3.63, 3.8) is 0 Å². The third-order valence-corrected chi connectivity index (χ3v) is 4.32. The minimum atomic E-state index is -4.49. The molecule has 8 heteroatoms. The summed E-state index contributed by atoms with van der Waals surface area (Å²) in [4.78, 5) is 1.61. The molecule has 0 aliphatic rings. The minimum absolute atomic E-state index is 0.303. The fraction of sp³-hybridized carbons (Fsp3) is 0.0714. The highest BCUT2D eigenvalue weighted by Gasteiger charge is 2.33. The minimum Gasteiger partial charge on any atom is -0.326 e. The summed E-state index contributed by atoms with van der Waals surface area (Å²) < 4.78 is 41.1. The Labute approximate surface area is 138 Å². The maximum Gasteiger partial charge on any atom is 0.417 e. The van der Waals surface area contributed by atoms with Gasteiger partial charge in [0, 0.05) is 15.5 Å². The van der Waals surface area contributed by atoms with Crippen LogP contribution in [-0.4, -0.2) is 0 Å². The van der Waals surface area contributed by atoms with Crippen LogP contribution in [0, 0.1) is 10.7 Å². The fourth-order valence-corrected chi connectivity index (χ4v) is 2.79.